The minimum atomic E-state index is -0.0328. The van der Waals surface area contributed by atoms with Gasteiger partial charge in [-0.15, -0.1) is 0 Å². The molecule has 2 aromatic heterocycles. The molecule has 3 heterocycles. The molecule has 5 heteroatoms. The Morgan fingerprint density at radius 3 is 1.75 bits per heavy atom. The summed E-state index contributed by atoms with van der Waals surface area (Å²) in [5.41, 5.74) is 16.3. The van der Waals surface area contributed by atoms with E-state index in [1.165, 1.54) is 66.8 Å². The normalized spacial score (nSPS) is 13.3. The second-order valence-electron chi connectivity index (χ2n) is 20.8. The molecular weight excluding hydrogens is 781 g/mol. The molecule has 0 bridgehead atoms. The molecule has 0 saturated carbocycles. The highest BCUT2D eigenvalue weighted by molar-refractivity contribution is 6.11. The van der Waals surface area contributed by atoms with Gasteiger partial charge in [0.2, 0.25) is 0 Å². The maximum absolute atomic E-state index is 6.84. The van der Waals surface area contributed by atoms with Crippen LogP contribution in [0.2, 0.25) is 0 Å². The highest BCUT2D eigenvalue weighted by Gasteiger charge is 2.29. The van der Waals surface area contributed by atoms with Crippen molar-refractivity contribution in [2.45, 2.75) is 112 Å². The van der Waals surface area contributed by atoms with E-state index in [9.17, 15) is 0 Å². The topological polar surface area (TPSA) is 33.5 Å². The lowest BCUT2D eigenvalue weighted by molar-refractivity contribution is 0.483. The molecule has 9 rings (SSSR count). The van der Waals surface area contributed by atoms with Crippen LogP contribution in [-0.4, -0.2) is 16.2 Å². The number of hydrogen-bond acceptors (Lipinski definition) is 4. The highest BCUT2D eigenvalue weighted by atomic mass is 16.5. The Hall–Kier alpha value is -6.33. The third kappa shape index (κ3) is 7.95. The van der Waals surface area contributed by atoms with Crippen molar-refractivity contribution in [2.75, 3.05) is 16.5 Å². The lowest BCUT2D eigenvalue weighted by atomic mass is 9.81. The largest absolute Gasteiger partial charge is 0.457 e. The van der Waals surface area contributed by atoms with Gasteiger partial charge in [-0.05, 0) is 140 Å². The van der Waals surface area contributed by atoms with Crippen LogP contribution in [-0.2, 0) is 10.8 Å². The van der Waals surface area contributed by atoms with Crippen molar-refractivity contribution in [2.24, 2.45) is 0 Å². The van der Waals surface area contributed by atoms with Crippen molar-refractivity contribution in [3.05, 3.63) is 167 Å². The van der Waals surface area contributed by atoms with Crippen molar-refractivity contribution in [3.63, 3.8) is 0 Å². The smallest absolute Gasteiger partial charge is 0.137 e. The van der Waals surface area contributed by atoms with Crippen molar-refractivity contribution < 1.29 is 4.74 Å². The van der Waals surface area contributed by atoms with E-state index >= 15 is 0 Å². The summed E-state index contributed by atoms with van der Waals surface area (Å²) in [6.07, 6.45) is 1.95. The number of para-hydroxylation sites is 2. The zero-order chi connectivity index (χ0) is 45.2. The van der Waals surface area contributed by atoms with Crippen LogP contribution in [0, 0.1) is 0 Å². The fourth-order valence-electron chi connectivity index (χ4n) is 9.41. The first-order chi connectivity index (χ1) is 30.5. The SMILES string of the molecule is CC(C)c1cc(C(C)C)c(-c2ccc3c(c2)c2ccc(Oc4cccc(N5CN(c6cccc(C(C)(C)C)c6)c6ccccc65)c4)cc2n3-c2cc(C(C)(C)C)ccn2)c(C(C)C)c1. The van der Waals surface area contributed by atoms with E-state index in [4.69, 9.17) is 9.72 Å². The van der Waals surface area contributed by atoms with Gasteiger partial charge in [-0.2, -0.15) is 0 Å². The number of benzene rings is 6. The summed E-state index contributed by atoms with van der Waals surface area (Å²) in [7, 11) is 0. The van der Waals surface area contributed by atoms with Crippen LogP contribution in [0.15, 0.2) is 140 Å². The molecule has 0 N–H and O–H groups in total. The molecule has 326 valence electrons. The second-order valence-corrected chi connectivity index (χ2v) is 20.8. The van der Waals surface area contributed by atoms with Gasteiger partial charge in [0.1, 0.15) is 24.0 Å². The number of hydrogen-bond donors (Lipinski definition) is 0. The zero-order valence-electron chi connectivity index (χ0n) is 39.9. The third-order valence-electron chi connectivity index (χ3n) is 13.1. The van der Waals surface area contributed by atoms with Crippen LogP contribution < -0.4 is 14.5 Å². The first-order valence-corrected chi connectivity index (χ1v) is 23.2. The van der Waals surface area contributed by atoms with Gasteiger partial charge in [0.15, 0.2) is 0 Å². The van der Waals surface area contributed by atoms with Crippen LogP contribution in [0.25, 0.3) is 38.8 Å². The molecule has 0 atom stereocenters. The monoisotopic (exact) mass is 845 g/mol. The Morgan fingerprint density at radius 2 is 1.12 bits per heavy atom. The summed E-state index contributed by atoms with van der Waals surface area (Å²) < 4.78 is 9.16. The molecule has 1 aliphatic heterocycles. The lowest BCUT2D eigenvalue weighted by Gasteiger charge is -2.25. The maximum atomic E-state index is 6.84. The Bertz CT molecular complexity index is 3000. The number of fused-ring (bicyclic) bond motifs is 4. The number of ether oxygens (including phenoxy) is 1. The van der Waals surface area contributed by atoms with Crippen molar-refractivity contribution in [3.8, 4) is 28.4 Å². The van der Waals surface area contributed by atoms with Gasteiger partial charge in [0, 0.05) is 40.5 Å². The third-order valence-corrected chi connectivity index (χ3v) is 13.1. The number of nitrogens with zero attached hydrogens (tertiary/aromatic N) is 4. The summed E-state index contributed by atoms with van der Waals surface area (Å²) in [6, 6.07) is 49.0. The standard InChI is InChI=1S/C59H64N4O/c1-37(2)41-30-49(38(3)4)57(50(31-41)39(5)6)40-23-26-52-51(29-40)48-25-24-47(35-55(48)63(52)56-33-43(27-28-60-56)59(10,11)12)64-46-20-16-19-45(34-46)62-36-61(53-21-13-14-22-54(53)62)44-18-15-17-42(32-44)58(7,8)9/h13-35,37-39H,36H2,1-12H3. The molecule has 0 amide bonds. The van der Waals surface area contributed by atoms with Gasteiger partial charge in [-0.25, -0.2) is 4.98 Å². The first-order valence-electron chi connectivity index (χ1n) is 23.2. The summed E-state index contributed by atoms with van der Waals surface area (Å²) in [4.78, 5) is 9.81. The molecule has 0 radical (unpaired) electrons. The maximum Gasteiger partial charge on any atom is 0.137 e. The van der Waals surface area contributed by atoms with Gasteiger partial charge in [0.25, 0.3) is 0 Å². The summed E-state index contributed by atoms with van der Waals surface area (Å²) >= 11 is 0. The second kappa shape index (κ2) is 16.3. The van der Waals surface area contributed by atoms with Gasteiger partial charge >= 0.3 is 0 Å². The number of aromatic nitrogens is 2. The quantitative estimate of drug-likeness (QED) is 0.145. The van der Waals surface area contributed by atoms with Gasteiger partial charge in [0.05, 0.1) is 22.4 Å². The Balaban J connectivity index is 1.14. The molecule has 0 unspecified atom stereocenters. The molecule has 1 aliphatic rings. The molecule has 0 spiro atoms. The van der Waals surface area contributed by atoms with E-state index in [0.29, 0.717) is 24.4 Å². The average Bonchev–Trinajstić information content (AvgIpc) is 3.81. The summed E-state index contributed by atoms with van der Waals surface area (Å²) in [5.74, 6) is 3.69. The summed E-state index contributed by atoms with van der Waals surface area (Å²) in [5, 5.41) is 2.37. The molecule has 8 aromatic rings. The van der Waals surface area contributed by atoms with E-state index in [0.717, 1.165) is 34.0 Å². The van der Waals surface area contributed by atoms with E-state index in [2.05, 4.69) is 231 Å². The van der Waals surface area contributed by atoms with Gasteiger partial charge in [-0.3, -0.25) is 4.57 Å². The molecule has 0 fully saturated rings. The fourth-order valence-corrected chi connectivity index (χ4v) is 9.41. The molecule has 5 nitrogen and oxygen atoms in total. The van der Waals surface area contributed by atoms with Crippen LogP contribution in [0.5, 0.6) is 11.5 Å². The number of rotatable bonds is 9. The Labute approximate surface area is 381 Å². The first kappa shape index (κ1) is 42.9. The average molecular weight is 845 g/mol. The van der Waals surface area contributed by atoms with Crippen molar-refractivity contribution >= 4 is 44.6 Å². The van der Waals surface area contributed by atoms with Crippen molar-refractivity contribution in [1.29, 1.82) is 0 Å². The molecule has 64 heavy (non-hydrogen) atoms. The van der Waals surface area contributed by atoms with Crippen LogP contribution >= 0.6 is 0 Å². The van der Waals surface area contributed by atoms with E-state index in [1.807, 2.05) is 6.20 Å². The summed E-state index contributed by atoms with van der Waals surface area (Å²) in [6.45, 7) is 28.2. The number of pyridine rings is 1. The molecule has 6 aromatic carbocycles. The zero-order valence-corrected chi connectivity index (χ0v) is 39.9. The van der Waals surface area contributed by atoms with Crippen LogP contribution in [0.4, 0.5) is 22.7 Å². The van der Waals surface area contributed by atoms with Crippen LogP contribution in [0.1, 0.15) is 129 Å². The Morgan fingerprint density at radius 1 is 0.516 bits per heavy atom. The fraction of sp³-hybridized carbons (Fsp3) is 0.305. The van der Waals surface area contributed by atoms with E-state index < -0.39 is 0 Å². The minimum Gasteiger partial charge on any atom is -0.457 e. The van der Waals surface area contributed by atoms with E-state index in [-0.39, 0.29) is 10.8 Å². The Kier molecular flexibility index (Phi) is 11.0. The number of anilines is 4. The minimum absolute atomic E-state index is 0.0328. The molecule has 0 saturated heterocycles. The van der Waals surface area contributed by atoms with Crippen molar-refractivity contribution in [1.82, 2.24) is 9.55 Å². The van der Waals surface area contributed by atoms with E-state index in [1.54, 1.807) is 0 Å². The molecule has 0 aliphatic carbocycles. The van der Waals surface area contributed by atoms with Crippen LogP contribution in [0.3, 0.4) is 0 Å². The van der Waals surface area contributed by atoms with Gasteiger partial charge < -0.3 is 14.5 Å². The molecular formula is C59H64N4O. The predicted molar refractivity (Wildman–Crippen MR) is 272 cm³/mol. The predicted octanol–water partition coefficient (Wildman–Crippen LogP) is 16.9. The lowest BCUT2D eigenvalue weighted by Crippen LogP contribution is -2.24. The highest BCUT2D eigenvalue weighted by Crippen LogP contribution is 2.46. The van der Waals surface area contributed by atoms with Gasteiger partial charge in [-0.1, -0.05) is 132 Å².